The Morgan fingerprint density at radius 1 is 1.30 bits per heavy atom. The predicted octanol–water partition coefficient (Wildman–Crippen LogP) is 0.676. The summed E-state index contributed by atoms with van der Waals surface area (Å²) in [5.74, 6) is -0.884. The molecule has 6 nitrogen and oxygen atoms in total. The Balaban J connectivity index is 1.79. The highest BCUT2D eigenvalue weighted by molar-refractivity contribution is 5.82. The molecule has 1 saturated heterocycles. The molecule has 1 aliphatic carbocycles. The highest BCUT2D eigenvalue weighted by atomic mass is 16.5. The molecule has 2 rings (SSSR count). The highest BCUT2D eigenvalue weighted by Crippen LogP contribution is 2.31. The minimum Gasteiger partial charge on any atom is -0.479 e. The summed E-state index contributed by atoms with van der Waals surface area (Å²) in [6.07, 6.45) is 2.64. The summed E-state index contributed by atoms with van der Waals surface area (Å²) >= 11 is 0. The van der Waals surface area contributed by atoms with Gasteiger partial charge in [-0.2, -0.15) is 0 Å². The van der Waals surface area contributed by atoms with Crippen LogP contribution in [-0.4, -0.2) is 46.4 Å². The van der Waals surface area contributed by atoms with Crippen LogP contribution in [0.2, 0.25) is 0 Å². The molecule has 2 fully saturated rings. The number of amides is 1. The monoisotopic (exact) mass is 285 g/mol. The number of rotatable bonds is 4. The van der Waals surface area contributed by atoms with E-state index in [1.165, 1.54) is 0 Å². The molecular formula is C14H23NO5. The Hall–Kier alpha value is -1.14. The number of carboxylic acid groups (broad SMARTS) is 1. The molecule has 1 amide bonds. The van der Waals surface area contributed by atoms with Gasteiger partial charge in [0.1, 0.15) is 6.10 Å². The van der Waals surface area contributed by atoms with Crippen molar-refractivity contribution in [2.24, 2.45) is 5.92 Å². The van der Waals surface area contributed by atoms with Gasteiger partial charge in [-0.3, -0.25) is 4.79 Å². The van der Waals surface area contributed by atoms with Gasteiger partial charge in [-0.15, -0.1) is 0 Å². The van der Waals surface area contributed by atoms with Crippen molar-refractivity contribution in [1.29, 1.82) is 0 Å². The van der Waals surface area contributed by atoms with Gasteiger partial charge < -0.3 is 20.3 Å². The Morgan fingerprint density at radius 3 is 2.60 bits per heavy atom. The second-order valence-electron chi connectivity index (χ2n) is 6.17. The molecule has 0 radical (unpaired) electrons. The lowest BCUT2D eigenvalue weighted by molar-refractivity contribution is -0.152. The molecule has 0 aromatic heterocycles. The fourth-order valence-corrected chi connectivity index (χ4v) is 3.17. The van der Waals surface area contributed by atoms with Crippen molar-refractivity contribution < 1.29 is 24.5 Å². The standard InChI is InChI=1S/C14H23NO5/c1-9-3-2-6-14(19,7-9)8-15-12(16)10-4-5-11(20-10)13(17)18/h9-11,19H,2-8H2,1H3,(H,15,16)(H,17,18). The van der Waals surface area contributed by atoms with Crippen molar-refractivity contribution in [3.63, 3.8) is 0 Å². The lowest BCUT2D eigenvalue weighted by Crippen LogP contribution is -2.48. The molecule has 114 valence electrons. The molecule has 4 unspecified atom stereocenters. The number of aliphatic hydroxyl groups is 1. The number of carbonyl (C=O) groups excluding carboxylic acids is 1. The first-order valence-corrected chi connectivity index (χ1v) is 7.28. The van der Waals surface area contributed by atoms with Crippen LogP contribution in [0.1, 0.15) is 45.4 Å². The molecule has 0 bridgehead atoms. The molecule has 1 heterocycles. The summed E-state index contributed by atoms with van der Waals surface area (Å²) in [6.45, 7) is 2.32. The maximum absolute atomic E-state index is 11.9. The number of carbonyl (C=O) groups is 2. The normalized spacial score (nSPS) is 37.6. The predicted molar refractivity (Wildman–Crippen MR) is 71.1 cm³/mol. The van der Waals surface area contributed by atoms with Crippen LogP contribution < -0.4 is 5.32 Å². The third kappa shape index (κ3) is 3.70. The summed E-state index contributed by atoms with van der Waals surface area (Å²) < 4.78 is 5.19. The van der Waals surface area contributed by atoms with Gasteiger partial charge in [-0.1, -0.05) is 19.8 Å². The first-order chi connectivity index (χ1) is 9.39. The van der Waals surface area contributed by atoms with Gasteiger partial charge in [0, 0.05) is 6.54 Å². The smallest absolute Gasteiger partial charge is 0.332 e. The average molecular weight is 285 g/mol. The minimum absolute atomic E-state index is 0.216. The van der Waals surface area contributed by atoms with Crippen LogP contribution in [0.5, 0.6) is 0 Å². The fraction of sp³-hybridized carbons (Fsp3) is 0.857. The van der Waals surface area contributed by atoms with E-state index in [9.17, 15) is 14.7 Å². The van der Waals surface area contributed by atoms with Crippen LogP contribution in [0.25, 0.3) is 0 Å². The van der Waals surface area contributed by atoms with Crippen LogP contribution >= 0.6 is 0 Å². The van der Waals surface area contributed by atoms with Gasteiger partial charge in [-0.05, 0) is 31.6 Å². The van der Waals surface area contributed by atoms with Crippen molar-refractivity contribution in [3.8, 4) is 0 Å². The van der Waals surface area contributed by atoms with Crippen molar-refractivity contribution >= 4 is 11.9 Å². The van der Waals surface area contributed by atoms with Crippen LogP contribution in [0, 0.1) is 5.92 Å². The first-order valence-electron chi connectivity index (χ1n) is 7.28. The number of hydrogen-bond acceptors (Lipinski definition) is 4. The Morgan fingerprint density at radius 2 is 2.00 bits per heavy atom. The first kappa shape index (κ1) is 15.3. The van der Waals surface area contributed by atoms with Gasteiger partial charge in [0.2, 0.25) is 5.91 Å². The Kier molecular flexibility index (Phi) is 4.65. The van der Waals surface area contributed by atoms with Crippen LogP contribution in [-0.2, 0) is 14.3 Å². The van der Waals surface area contributed by atoms with E-state index in [0.717, 1.165) is 12.8 Å². The topological polar surface area (TPSA) is 95.9 Å². The molecular weight excluding hydrogens is 262 g/mol. The summed E-state index contributed by atoms with van der Waals surface area (Å²) in [4.78, 5) is 22.7. The summed E-state index contributed by atoms with van der Waals surface area (Å²) in [5.41, 5.74) is -0.835. The molecule has 20 heavy (non-hydrogen) atoms. The second kappa shape index (κ2) is 6.10. The second-order valence-corrected chi connectivity index (χ2v) is 6.17. The van der Waals surface area contributed by atoms with E-state index in [2.05, 4.69) is 12.2 Å². The van der Waals surface area contributed by atoms with Gasteiger partial charge >= 0.3 is 5.97 Å². The fourth-order valence-electron chi connectivity index (χ4n) is 3.17. The van der Waals surface area contributed by atoms with Crippen LogP contribution in [0.4, 0.5) is 0 Å². The average Bonchev–Trinajstić information content (AvgIpc) is 2.85. The van der Waals surface area contributed by atoms with Gasteiger partial charge in [-0.25, -0.2) is 4.79 Å². The SMILES string of the molecule is CC1CCCC(O)(CNC(=O)C2CCC(C(=O)O)O2)C1. The summed E-state index contributed by atoms with van der Waals surface area (Å²) in [6, 6.07) is 0. The molecule has 6 heteroatoms. The minimum atomic E-state index is -1.03. The zero-order valence-electron chi connectivity index (χ0n) is 11.8. The number of ether oxygens (including phenoxy) is 1. The Labute approximate surface area is 118 Å². The number of hydrogen-bond donors (Lipinski definition) is 3. The summed E-state index contributed by atoms with van der Waals surface area (Å²) in [5, 5.41) is 22.0. The van der Waals surface area contributed by atoms with Crippen molar-refractivity contribution in [1.82, 2.24) is 5.32 Å². The molecule has 0 aromatic rings. The van der Waals surface area contributed by atoms with E-state index >= 15 is 0 Å². The molecule has 2 aliphatic rings. The lowest BCUT2D eigenvalue weighted by Gasteiger charge is -2.35. The molecule has 0 aromatic carbocycles. The third-order valence-corrected chi connectivity index (χ3v) is 4.25. The van der Waals surface area contributed by atoms with Crippen LogP contribution in [0.3, 0.4) is 0 Å². The maximum Gasteiger partial charge on any atom is 0.332 e. The quantitative estimate of drug-likeness (QED) is 0.706. The molecule has 4 atom stereocenters. The third-order valence-electron chi connectivity index (χ3n) is 4.25. The molecule has 1 saturated carbocycles. The van der Waals surface area contributed by atoms with E-state index in [0.29, 0.717) is 31.6 Å². The largest absolute Gasteiger partial charge is 0.479 e. The van der Waals surface area contributed by atoms with Gasteiger partial charge in [0.05, 0.1) is 5.60 Å². The van der Waals surface area contributed by atoms with Crippen LogP contribution in [0.15, 0.2) is 0 Å². The van der Waals surface area contributed by atoms with E-state index in [1.807, 2.05) is 0 Å². The molecule has 0 spiro atoms. The van der Waals surface area contributed by atoms with Crippen molar-refractivity contribution in [2.45, 2.75) is 63.3 Å². The molecule has 3 N–H and O–H groups in total. The Bertz CT molecular complexity index is 386. The van der Waals surface area contributed by atoms with E-state index < -0.39 is 23.8 Å². The van der Waals surface area contributed by atoms with E-state index in [1.54, 1.807) is 0 Å². The van der Waals surface area contributed by atoms with Crippen molar-refractivity contribution in [3.05, 3.63) is 0 Å². The van der Waals surface area contributed by atoms with E-state index in [-0.39, 0.29) is 12.5 Å². The summed E-state index contributed by atoms with van der Waals surface area (Å²) in [7, 11) is 0. The zero-order chi connectivity index (χ0) is 14.8. The highest BCUT2D eigenvalue weighted by Gasteiger charge is 2.37. The molecule has 1 aliphatic heterocycles. The van der Waals surface area contributed by atoms with Gasteiger partial charge in [0.15, 0.2) is 6.10 Å². The maximum atomic E-state index is 11.9. The zero-order valence-corrected chi connectivity index (χ0v) is 11.8. The van der Waals surface area contributed by atoms with Gasteiger partial charge in [0.25, 0.3) is 0 Å². The van der Waals surface area contributed by atoms with Crippen molar-refractivity contribution in [2.75, 3.05) is 6.54 Å². The van der Waals surface area contributed by atoms with E-state index in [4.69, 9.17) is 9.84 Å². The number of carboxylic acids is 1. The number of aliphatic carboxylic acids is 1. The number of nitrogens with one attached hydrogen (secondary N) is 1. The lowest BCUT2D eigenvalue weighted by atomic mass is 9.79.